The maximum atomic E-state index is 11.7. The first kappa shape index (κ1) is 14.7. The molecule has 5 heteroatoms. The number of carbonyl (C=O) groups excluding carboxylic acids is 1. The number of likely N-dealkylation sites (N-methyl/N-ethyl adjacent to an activating group) is 1. The van der Waals surface area contributed by atoms with Gasteiger partial charge in [0.25, 0.3) is 0 Å². The zero-order chi connectivity index (χ0) is 16.0. The van der Waals surface area contributed by atoms with Crippen LogP contribution < -0.4 is 14.8 Å². The van der Waals surface area contributed by atoms with E-state index in [1.165, 1.54) is 25.7 Å². The number of nitrogens with one attached hydrogen (secondary N) is 1. The normalized spacial score (nSPS) is 32.3. The molecule has 1 aromatic rings. The van der Waals surface area contributed by atoms with Crippen molar-refractivity contribution in [3.8, 4) is 11.5 Å². The molecule has 1 N–H and O–H groups in total. The molecule has 3 unspecified atom stereocenters. The Morgan fingerprint density at radius 2 is 2.09 bits per heavy atom. The summed E-state index contributed by atoms with van der Waals surface area (Å²) in [4.78, 5) is 13.4. The largest absolute Gasteiger partial charge is 0.493 e. The Hall–Kier alpha value is -1.91. The minimum Gasteiger partial charge on any atom is -0.493 e. The molecule has 2 bridgehead atoms. The van der Waals surface area contributed by atoms with Gasteiger partial charge in [-0.15, -0.1) is 0 Å². The number of carbonyl (C=O) groups is 1. The zero-order valence-corrected chi connectivity index (χ0v) is 13.7. The van der Waals surface area contributed by atoms with Crippen LogP contribution in [-0.4, -0.2) is 37.7 Å². The Bertz CT molecular complexity index is 618. The van der Waals surface area contributed by atoms with Gasteiger partial charge in [-0.3, -0.25) is 0 Å². The van der Waals surface area contributed by atoms with E-state index in [0.717, 1.165) is 23.0 Å². The van der Waals surface area contributed by atoms with Gasteiger partial charge in [0, 0.05) is 13.6 Å². The van der Waals surface area contributed by atoms with E-state index in [4.69, 9.17) is 9.47 Å². The molecule has 2 aliphatic carbocycles. The highest BCUT2D eigenvalue weighted by Gasteiger charge is 2.41. The van der Waals surface area contributed by atoms with Crippen LogP contribution in [0, 0.1) is 11.8 Å². The molecule has 0 spiro atoms. The lowest BCUT2D eigenvalue weighted by Gasteiger charge is -2.25. The van der Waals surface area contributed by atoms with Crippen LogP contribution in [0.4, 0.5) is 4.79 Å². The van der Waals surface area contributed by atoms with Gasteiger partial charge < -0.3 is 19.7 Å². The summed E-state index contributed by atoms with van der Waals surface area (Å²) in [5.74, 6) is 3.14. The first-order valence-corrected chi connectivity index (χ1v) is 8.51. The molecule has 1 saturated heterocycles. The number of urea groups is 1. The van der Waals surface area contributed by atoms with Crippen molar-refractivity contribution in [2.45, 2.75) is 37.8 Å². The number of hydrogen-bond acceptors (Lipinski definition) is 3. The second kappa shape index (κ2) is 5.62. The average molecular weight is 316 g/mol. The van der Waals surface area contributed by atoms with Crippen molar-refractivity contribution in [1.82, 2.24) is 10.2 Å². The van der Waals surface area contributed by atoms with Crippen LogP contribution in [0.5, 0.6) is 11.5 Å². The molecule has 3 fully saturated rings. The average Bonchev–Trinajstić information content (AvgIpc) is 3.25. The number of rotatable bonds is 4. The summed E-state index contributed by atoms with van der Waals surface area (Å²) in [6, 6.07) is 6.05. The molecule has 0 aromatic heterocycles. The van der Waals surface area contributed by atoms with Crippen LogP contribution in [0.25, 0.3) is 0 Å². The topological polar surface area (TPSA) is 50.8 Å². The Morgan fingerprint density at radius 3 is 2.70 bits per heavy atom. The van der Waals surface area contributed by atoms with Crippen molar-refractivity contribution < 1.29 is 14.3 Å². The molecule has 0 radical (unpaired) electrons. The fourth-order valence-corrected chi connectivity index (χ4v) is 4.42. The van der Waals surface area contributed by atoms with Crippen LogP contribution in [0.15, 0.2) is 18.2 Å². The van der Waals surface area contributed by atoms with Crippen molar-refractivity contribution >= 4 is 6.03 Å². The van der Waals surface area contributed by atoms with E-state index in [0.29, 0.717) is 18.6 Å². The van der Waals surface area contributed by atoms with E-state index in [9.17, 15) is 4.79 Å². The van der Waals surface area contributed by atoms with Crippen molar-refractivity contribution in [2.24, 2.45) is 11.8 Å². The number of fused-ring (bicyclic) bond motifs is 2. The number of ether oxygens (including phenoxy) is 2. The molecule has 5 nitrogen and oxygen atoms in total. The molecule has 2 saturated carbocycles. The summed E-state index contributed by atoms with van der Waals surface area (Å²) in [6.07, 6.45) is 5.46. The predicted molar refractivity (Wildman–Crippen MR) is 86.8 cm³/mol. The summed E-state index contributed by atoms with van der Waals surface area (Å²) in [5, 5.41) is 2.88. The van der Waals surface area contributed by atoms with Gasteiger partial charge in [0.2, 0.25) is 0 Å². The molecule has 1 aromatic carbocycles. The van der Waals surface area contributed by atoms with Gasteiger partial charge in [0.15, 0.2) is 11.5 Å². The summed E-state index contributed by atoms with van der Waals surface area (Å²) in [5.41, 5.74) is 1.09. The van der Waals surface area contributed by atoms with Gasteiger partial charge in [-0.05, 0) is 55.2 Å². The molecular weight excluding hydrogens is 292 g/mol. The zero-order valence-electron chi connectivity index (χ0n) is 13.7. The maximum Gasteiger partial charge on any atom is 0.317 e. The van der Waals surface area contributed by atoms with Crippen LogP contribution in [0.1, 0.15) is 37.3 Å². The van der Waals surface area contributed by atoms with E-state index in [-0.39, 0.29) is 12.1 Å². The smallest absolute Gasteiger partial charge is 0.317 e. The SMILES string of the molecule is COc1ccc(C2CNC(=O)N2C)cc1O[C@@H]1CC2CCC1C2. The number of hydrogen-bond donors (Lipinski definition) is 1. The van der Waals surface area contributed by atoms with Gasteiger partial charge in [0.05, 0.1) is 13.2 Å². The number of nitrogens with zero attached hydrogens (tertiary/aromatic N) is 1. The molecule has 3 aliphatic rings. The summed E-state index contributed by atoms with van der Waals surface area (Å²) in [6.45, 7) is 0.634. The molecule has 23 heavy (non-hydrogen) atoms. The van der Waals surface area contributed by atoms with E-state index in [1.807, 2.05) is 25.2 Å². The van der Waals surface area contributed by atoms with Crippen molar-refractivity contribution in [3.05, 3.63) is 23.8 Å². The lowest BCUT2D eigenvalue weighted by molar-refractivity contribution is 0.133. The highest BCUT2D eigenvalue weighted by Crippen LogP contribution is 2.47. The Labute approximate surface area is 136 Å². The van der Waals surface area contributed by atoms with Crippen LogP contribution in [-0.2, 0) is 0 Å². The molecule has 1 aliphatic heterocycles. The minimum absolute atomic E-state index is 0.0265. The van der Waals surface area contributed by atoms with Gasteiger partial charge in [0.1, 0.15) is 6.10 Å². The van der Waals surface area contributed by atoms with E-state index >= 15 is 0 Å². The van der Waals surface area contributed by atoms with E-state index in [1.54, 1.807) is 12.0 Å². The lowest BCUT2D eigenvalue weighted by Crippen LogP contribution is -2.25. The van der Waals surface area contributed by atoms with Gasteiger partial charge >= 0.3 is 6.03 Å². The summed E-state index contributed by atoms with van der Waals surface area (Å²) in [7, 11) is 3.50. The second-order valence-corrected chi connectivity index (χ2v) is 7.05. The standard InChI is InChI=1S/C18H24N2O3/c1-20-14(10-19-18(20)21)12-5-6-15(22-2)17(9-12)23-16-8-11-3-4-13(16)7-11/h5-6,9,11,13-14,16H,3-4,7-8,10H2,1-2H3,(H,19,21)/t11?,13?,14?,16-/m1/s1. The fourth-order valence-electron chi connectivity index (χ4n) is 4.42. The monoisotopic (exact) mass is 316 g/mol. The van der Waals surface area contributed by atoms with E-state index in [2.05, 4.69) is 5.32 Å². The molecule has 2 amide bonds. The Morgan fingerprint density at radius 1 is 1.22 bits per heavy atom. The van der Waals surface area contributed by atoms with Crippen LogP contribution >= 0.6 is 0 Å². The molecule has 4 atom stereocenters. The third kappa shape index (κ3) is 2.52. The molecular formula is C18H24N2O3. The fraction of sp³-hybridized carbons (Fsp3) is 0.611. The Kier molecular flexibility index (Phi) is 3.58. The van der Waals surface area contributed by atoms with Crippen molar-refractivity contribution in [3.63, 3.8) is 0 Å². The van der Waals surface area contributed by atoms with Crippen LogP contribution in [0.3, 0.4) is 0 Å². The quantitative estimate of drug-likeness (QED) is 0.929. The molecule has 1 heterocycles. The number of amides is 2. The van der Waals surface area contributed by atoms with Crippen LogP contribution in [0.2, 0.25) is 0 Å². The minimum atomic E-state index is -0.0265. The highest BCUT2D eigenvalue weighted by molar-refractivity contribution is 5.77. The lowest BCUT2D eigenvalue weighted by atomic mass is 9.97. The van der Waals surface area contributed by atoms with Gasteiger partial charge in [-0.1, -0.05) is 6.07 Å². The van der Waals surface area contributed by atoms with E-state index < -0.39 is 0 Å². The van der Waals surface area contributed by atoms with Crippen molar-refractivity contribution in [2.75, 3.05) is 20.7 Å². The molecule has 124 valence electrons. The molecule has 4 rings (SSSR count). The van der Waals surface area contributed by atoms with Gasteiger partial charge in [-0.2, -0.15) is 0 Å². The first-order chi connectivity index (χ1) is 11.2. The number of benzene rings is 1. The maximum absolute atomic E-state index is 11.7. The number of methoxy groups -OCH3 is 1. The van der Waals surface area contributed by atoms with Gasteiger partial charge in [-0.25, -0.2) is 4.79 Å². The second-order valence-electron chi connectivity index (χ2n) is 7.05. The Balaban J connectivity index is 1.57. The third-order valence-corrected chi connectivity index (χ3v) is 5.76. The predicted octanol–water partition coefficient (Wildman–Crippen LogP) is 2.96. The van der Waals surface area contributed by atoms with Crippen molar-refractivity contribution in [1.29, 1.82) is 0 Å². The first-order valence-electron chi connectivity index (χ1n) is 8.51. The summed E-state index contributed by atoms with van der Waals surface area (Å²) < 4.78 is 11.8. The highest BCUT2D eigenvalue weighted by atomic mass is 16.5. The summed E-state index contributed by atoms with van der Waals surface area (Å²) >= 11 is 0. The third-order valence-electron chi connectivity index (χ3n) is 5.76.